The van der Waals surface area contributed by atoms with Crippen molar-refractivity contribution in [3.8, 4) is 5.75 Å². The third-order valence-electron chi connectivity index (χ3n) is 2.88. The molecule has 0 fully saturated rings. The lowest BCUT2D eigenvalue weighted by atomic mass is 10.0. The summed E-state index contributed by atoms with van der Waals surface area (Å²) in [6, 6.07) is 14.6. The van der Waals surface area contributed by atoms with Crippen molar-refractivity contribution in [2.45, 2.75) is 9.72 Å². The standard InChI is InChI=1S/C15H14Br2OS/c1-18-13-8-7-10(9-12(13)16)15(17)11-5-3-4-6-14(11)19-2/h3-9,15H,1-2H3. The highest BCUT2D eigenvalue weighted by Gasteiger charge is 2.15. The van der Waals surface area contributed by atoms with Crippen LogP contribution in [0, 0.1) is 0 Å². The Morgan fingerprint density at radius 2 is 1.89 bits per heavy atom. The van der Waals surface area contributed by atoms with Crippen molar-refractivity contribution >= 4 is 43.6 Å². The predicted octanol–water partition coefficient (Wildman–Crippen LogP) is 5.66. The number of hydrogen-bond donors (Lipinski definition) is 0. The second-order valence-electron chi connectivity index (χ2n) is 4.00. The normalized spacial score (nSPS) is 12.2. The molecular weight excluding hydrogens is 388 g/mol. The van der Waals surface area contributed by atoms with Crippen LogP contribution >= 0.6 is 43.6 Å². The molecular formula is C15H14Br2OS. The summed E-state index contributed by atoms with van der Waals surface area (Å²) in [4.78, 5) is 1.47. The zero-order valence-electron chi connectivity index (χ0n) is 10.7. The highest BCUT2D eigenvalue weighted by atomic mass is 79.9. The molecule has 0 aromatic heterocycles. The summed E-state index contributed by atoms with van der Waals surface area (Å²) < 4.78 is 6.23. The fourth-order valence-corrected chi connectivity index (χ4v) is 3.93. The van der Waals surface area contributed by atoms with Crippen LogP contribution in [0.3, 0.4) is 0 Å². The molecule has 1 unspecified atom stereocenters. The molecule has 2 aromatic rings. The third kappa shape index (κ3) is 3.36. The smallest absolute Gasteiger partial charge is 0.133 e. The molecule has 0 aliphatic carbocycles. The van der Waals surface area contributed by atoms with Crippen LogP contribution in [0.5, 0.6) is 5.75 Å². The SMILES string of the molecule is COc1ccc(C(Br)c2ccccc2SC)cc1Br. The quantitative estimate of drug-likeness (QED) is 0.482. The fraction of sp³-hybridized carbons (Fsp3) is 0.200. The number of hydrogen-bond acceptors (Lipinski definition) is 2. The number of benzene rings is 2. The molecule has 100 valence electrons. The van der Waals surface area contributed by atoms with Crippen LogP contribution < -0.4 is 4.74 Å². The van der Waals surface area contributed by atoms with Crippen molar-refractivity contribution in [1.82, 2.24) is 0 Å². The number of rotatable bonds is 4. The molecule has 2 aromatic carbocycles. The maximum absolute atomic E-state index is 5.26. The Morgan fingerprint density at radius 3 is 2.53 bits per heavy atom. The van der Waals surface area contributed by atoms with E-state index in [2.05, 4.69) is 74.5 Å². The summed E-state index contributed by atoms with van der Waals surface area (Å²) in [6.07, 6.45) is 2.10. The maximum atomic E-state index is 5.26. The van der Waals surface area contributed by atoms with Gasteiger partial charge in [-0.2, -0.15) is 0 Å². The molecule has 0 spiro atoms. The molecule has 0 heterocycles. The van der Waals surface area contributed by atoms with Crippen LogP contribution in [0.15, 0.2) is 51.8 Å². The van der Waals surface area contributed by atoms with Gasteiger partial charge >= 0.3 is 0 Å². The fourth-order valence-electron chi connectivity index (χ4n) is 1.90. The number of ether oxygens (including phenoxy) is 1. The summed E-state index contributed by atoms with van der Waals surface area (Å²) in [7, 11) is 1.68. The van der Waals surface area contributed by atoms with Gasteiger partial charge in [0.15, 0.2) is 0 Å². The van der Waals surface area contributed by atoms with Crippen molar-refractivity contribution in [3.63, 3.8) is 0 Å². The summed E-state index contributed by atoms with van der Waals surface area (Å²) in [5, 5.41) is 0. The van der Waals surface area contributed by atoms with Crippen LogP contribution in [0.2, 0.25) is 0 Å². The Hall–Kier alpha value is -0.450. The molecule has 1 nitrogen and oxygen atoms in total. The first kappa shape index (κ1) is 14.9. The first-order chi connectivity index (χ1) is 9.17. The number of halogens is 2. The molecule has 0 aliphatic rings. The molecule has 0 N–H and O–H groups in total. The van der Waals surface area contributed by atoms with Crippen molar-refractivity contribution in [2.24, 2.45) is 0 Å². The lowest BCUT2D eigenvalue weighted by molar-refractivity contribution is 0.412. The number of methoxy groups -OCH3 is 1. The zero-order chi connectivity index (χ0) is 13.8. The zero-order valence-corrected chi connectivity index (χ0v) is 14.7. The number of thioether (sulfide) groups is 1. The summed E-state index contributed by atoms with van der Waals surface area (Å²) in [6.45, 7) is 0. The van der Waals surface area contributed by atoms with Crippen LogP contribution in [-0.2, 0) is 0 Å². The molecule has 4 heteroatoms. The Labute approximate surface area is 135 Å². The minimum Gasteiger partial charge on any atom is -0.496 e. The largest absolute Gasteiger partial charge is 0.496 e. The Balaban J connectivity index is 2.38. The molecule has 0 radical (unpaired) electrons. The van der Waals surface area contributed by atoms with Crippen molar-refractivity contribution in [3.05, 3.63) is 58.1 Å². The monoisotopic (exact) mass is 400 g/mol. The van der Waals surface area contributed by atoms with Gasteiger partial charge in [0.2, 0.25) is 0 Å². The molecule has 19 heavy (non-hydrogen) atoms. The van der Waals surface area contributed by atoms with E-state index < -0.39 is 0 Å². The Bertz CT molecular complexity index is 572. The first-order valence-corrected chi connectivity index (χ1v) is 8.71. The van der Waals surface area contributed by atoms with E-state index in [0.717, 1.165) is 10.2 Å². The van der Waals surface area contributed by atoms with Gasteiger partial charge in [0.25, 0.3) is 0 Å². The van der Waals surface area contributed by atoms with E-state index in [1.165, 1.54) is 16.0 Å². The molecule has 0 aliphatic heterocycles. The minimum absolute atomic E-state index is 0.179. The van der Waals surface area contributed by atoms with Gasteiger partial charge in [-0.05, 0) is 51.5 Å². The second-order valence-corrected chi connectivity index (χ2v) is 6.62. The predicted molar refractivity (Wildman–Crippen MR) is 89.7 cm³/mol. The van der Waals surface area contributed by atoms with Crippen molar-refractivity contribution < 1.29 is 4.74 Å². The average Bonchev–Trinajstić information content (AvgIpc) is 2.46. The molecule has 1 atom stereocenters. The van der Waals surface area contributed by atoms with Gasteiger partial charge in [-0.15, -0.1) is 11.8 Å². The van der Waals surface area contributed by atoms with E-state index in [4.69, 9.17) is 4.74 Å². The van der Waals surface area contributed by atoms with E-state index in [1.54, 1.807) is 18.9 Å². The summed E-state index contributed by atoms with van der Waals surface area (Å²) in [5.41, 5.74) is 2.49. The van der Waals surface area contributed by atoms with Crippen molar-refractivity contribution in [2.75, 3.05) is 13.4 Å². The van der Waals surface area contributed by atoms with Crippen LogP contribution in [0.4, 0.5) is 0 Å². The third-order valence-corrected chi connectivity index (χ3v) is 5.33. The molecule has 0 amide bonds. The molecule has 0 saturated heterocycles. The lowest BCUT2D eigenvalue weighted by Crippen LogP contribution is -1.96. The van der Waals surface area contributed by atoms with Gasteiger partial charge in [0.05, 0.1) is 16.4 Å². The molecule has 0 bridgehead atoms. The van der Waals surface area contributed by atoms with Gasteiger partial charge < -0.3 is 4.74 Å². The maximum Gasteiger partial charge on any atom is 0.133 e. The highest BCUT2D eigenvalue weighted by molar-refractivity contribution is 9.10. The number of alkyl halides is 1. The van der Waals surface area contributed by atoms with Gasteiger partial charge in [-0.1, -0.05) is 40.2 Å². The van der Waals surface area contributed by atoms with Gasteiger partial charge in [-0.25, -0.2) is 0 Å². The van der Waals surface area contributed by atoms with Crippen LogP contribution in [-0.4, -0.2) is 13.4 Å². The lowest BCUT2D eigenvalue weighted by Gasteiger charge is -2.15. The van der Waals surface area contributed by atoms with Crippen LogP contribution in [0.1, 0.15) is 16.0 Å². The van der Waals surface area contributed by atoms with Gasteiger partial charge in [0.1, 0.15) is 5.75 Å². The van der Waals surface area contributed by atoms with E-state index in [-0.39, 0.29) is 4.83 Å². The molecule has 2 rings (SSSR count). The van der Waals surface area contributed by atoms with E-state index in [9.17, 15) is 0 Å². The first-order valence-electron chi connectivity index (χ1n) is 5.77. The van der Waals surface area contributed by atoms with Gasteiger partial charge in [0, 0.05) is 4.90 Å². The highest BCUT2D eigenvalue weighted by Crippen LogP contribution is 2.38. The van der Waals surface area contributed by atoms with Crippen molar-refractivity contribution in [1.29, 1.82) is 0 Å². The van der Waals surface area contributed by atoms with Crippen LogP contribution in [0.25, 0.3) is 0 Å². The van der Waals surface area contributed by atoms with E-state index >= 15 is 0 Å². The second kappa shape index (κ2) is 6.82. The Kier molecular flexibility index (Phi) is 5.37. The summed E-state index contributed by atoms with van der Waals surface area (Å²) in [5.74, 6) is 0.849. The topological polar surface area (TPSA) is 9.23 Å². The average molecular weight is 402 g/mol. The molecule has 0 saturated carbocycles. The van der Waals surface area contributed by atoms with E-state index in [1.807, 2.05) is 6.07 Å². The minimum atomic E-state index is 0.179. The Morgan fingerprint density at radius 1 is 1.16 bits per heavy atom. The van der Waals surface area contributed by atoms with E-state index in [0.29, 0.717) is 0 Å². The summed E-state index contributed by atoms with van der Waals surface area (Å²) >= 11 is 9.09. The van der Waals surface area contributed by atoms with Gasteiger partial charge in [-0.3, -0.25) is 0 Å².